The van der Waals surface area contributed by atoms with Gasteiger partial charge in [0.25, 0.3) is 11.1 Å². The summed E-state index contributed by atoms with van der Waals surface area (Å²) < 4.78 is 6.67. The molecule has 200 valence electrons. The van der Waals surface area contributed by atoms with Crippen LogP contribution in [0, 0.1) is 6.92 Å². The molecule has 3 rings (SSSR count). The van der Waals surface area contributed by atoms with Gasteiger partial charge in [-0.3, -0.25) is 14.2 Å². The molecule has 0 spiro atoms. The summed E-state index contributed by atoms with van der Waals surface area (Å²) in [7, 11) is -3.30. The fourth-order valence-corrected chi connectivity index (χ4v) is 13.1. The smallest absolute Gasteiger partial charge is 0.262 e. The zero-order chi connectivity index (χ0) is 26.8. The Labute approximate surface area is 228 Å². The van der Waals surface area contributed by atoms with Crippen LogP contribution in [-0.4, -0.2) is 20.7 Å². The maximum Gasteiger partial charge on any atom is 0.262 e. The summed E-state index contributed by atoms with van der Waals surface area (Å²) in [5.74, 6) is 0. The van der Waals surface area contributed by atoms with Crippen molar-refractivity contribution in [2.75, 3.05) is 0 Å². The molecule has 3 heterocycles. The van der Waals surface area contributed by atoms with Crippen molar-refractivity contribution in [3.05, 3.63) is 31.8 Å². The molecule has 0 N–H and O–H groups in total. The molecule has 0 unspecified atom stereocenters. The van der Waals surface area contributed by atoms with Crippen molar-refractivity contribution in [2.24, 2.45) is 0 Å². The van der Waals surface area contributed by atoms with Crippen LogP contribution in [0.25, 0.3) is 20.2 Å². The zero-order valence-electron chi connectivity index (χ0n) is 24.2. The van der Waals surface area contributed by atoms with Crippen molar-refractivity contribution in [1.29, 1.82) is 0 Å². The number of hydrogen-bond donors (Lipinski definition) is 0. The highest BCUT2D eigenvalue weighted by Crippen LogP contribution is 2.35. The van der Waals surface area contributed by atoms with Gasteiger partial charge < -0.3 is 0 Å². The lowest BCUT2D eigenvalue weighted by Gasteiger charge is -2.17. The predicted octanol–water partition coefficient (Wildman–Crippen LogP) is 7.74. The maximum atomic E-state index is 14.3. The number of aromatic nitrogens is 1. The second kappa shape index (κ2) is 11.8. The monoisotopic (exact) mass is 561 g/mol. The molecule has 0 aliphatic rings. The lowest BCUT2D eigenvalue weighted by Crippen LogP contribution is -2.38. The van der Waals surface area contributed by atoms with Crippen LogP contribution in [-0.2, 0) is 13.0 Å². The predicted molar refractivity (Wildman–Crippen MR) is 170 cm³/mol. The molecule has 0 radical (unpaired) electrons. The topological polar surface area (TPSA) is 39.1 Å². The molecule has 0 aromatic carbocycles. The maximum absolute atomic E-state index is 14.3. The van der Waals surface area contributed by atoms with Crippen molar-refractivity contribution in [3.63, 3.8) is 0 Å². The lowest BCUT2D eigenvalue weighted by atomic mass is 10.1. The summed E-state index contributed by atoms with van der Waals surface area (Å²) in [5.41, 5.74) is 2.32. The van der Waals surface area contributed by atoms with Gasteiger partial charge in [0, 0.05) is 6.54 Å². The summed E-state index contributed by atoms with van der Waals surface area (Å²) in [6.45, 7) is 21.4. The van der Waals surface area contributed by atoms with Gasteiger partial charge in [0.1, 0.15) is 0 Å². The van der Waals surface area contributed by atoms with E-state index in [0.717, 1.165) is 64.3 Å². The van der Waals surface area contributed by atoms with Crippen molar-refractivity contribution < 1.29 is 0 Å². The van der Waals surface area contributed by atoms with Crippen LogP contribution in [0.4, 0.5) is 0 Å². The van der Waals surface area contributed by atoms with E-state index in [4.69, 9.17) is 0 Å². The largest absolute Gasteiger partial charge is 0.274 e. The van der Waals surface area contributed by atoms with Gasteiger partial charge in [-0.2, -0.15) is 0 Å². The molecule has 0 aliphatic carbocycles. The van der Waals surface area contributed by atoms with Crippen molar-refractivity contribution in [2.45, 2.75) is 124 Å². The Morgan fingerprint density at radius 3 is 1.72 bits per heavy atom. The summed E-state index contributed by atoms with van der Waals surface area (Å²) >= 11 is 3.67. The third-order valence-corrected chi connectivity index (χ3v) is 17.2. The molecule has 3 aromatic rings. The minimum Gasteiger partial charge on any atom is -0.274 e. The fourth-order valence-electron chi connectivity index (χ4n) is 5.33. The number of hydrogen-bond acceptors (Lipinski definition) is 4. The molecule has 0 saturated heterocycles. The van der Waals surface area contributed by atoms with E-state index in [-0.39, 0.29) is 11.1 Å². The van der Waals surface area contributed by atoms with Crippen LogP contribution in [0.2, 0.25) is 39.3 Å². The van der Waals surface area contributed by atoms with E-state index in [2.05, 4.69) is 60.1 Å². The molecule has 0 bridgehead atoms. The number of aryl methyl sites for hydroxylation is 2. The Morgan fingerprint density at radius 1 is 0.667 bits per heavy atom. The van der Waals surface area contributed by atoms with E-state index in [1.165, 1.54) is 33.8 Å². The van der Waals surface area contributed by atoms with E-state index in [9.17, 15) is 9.59 Å². The van der Waals surface area contributed by atoms with Crippen LogP contribution in [0.5, 0.6) is 0 Å². The van der Waals surface area contributed by atoms with Gasteiger partial charge in [-0.15, -0.1) is 22.7 Å². The summed E-state index contributed by atoms with van der Waals surface area (Å²) in [6.07, 6.45) is 9.94. The molecule has 0 saturated carbocycles. The minimum absolute atomic E-state index is 0.0323. The average molecular weight is 562 g/mol. The van der Waals surface area contributed by atoms with Gasteiger partial charge in [-0.05, 0) is 46.3 Å². The number of unbranched alkanes of at least 4 members (excludes halogenated alkanes) is 6. The van der Waals surface area contributed by atoms with Crippen LogP contribution in [0.15, 0.2) is 9.59 Å². The van der Waals surface area contributed by atoms with Gasteiger partial charge in [0.05, 0.1) is 36.3 Å². The second-order valence-corrected chi connectivity index (χ2v) is 25.3. The highest BCUT2D eigenvalue weighted by Gasteiger charge is 2.30. The van der Waals surface area contributed by atoms with Crippen molar-refractivity contribution >= 4 is 68.0 Å². The molecule has 0 amide bonds. The number of rotatable bonds is 12. The van der Waals surface area contributed by atoms with Crippen molar-refractivity contribution in [3.8, 4) is 0 Å². The molecule has 0 aliphatic heterocycles. The van der Waals surface area contributed by atoms with Gasteiger partial charge in [0.2, 0.25) is 0 Å². The molecular weight excluding hydrogens is 515 g/mol. The highest BCUT2D eigenvalue weighted by atomic mass is 32.1. The Kier molecular flexibility index (Phi) is 9.67. The Bertz CT molecular complexity index is 1340. The zero-order valence-corrected chi connectivity index (χ0v) is 27.8. The molecule has 3 aromatic heterocycles. The van der Waals surface area contributed by atoms with Gasteiger partial charge >= 0.3 is 0 Å². The fraction of sp³-hybridized carbons (Fsp3) is 0.655. The van der Waals surface area contributed by atoms with Crippen LogP contribution >= 0.6 is 22.7 Å². The number of nitrogens with zero attached hydrogens (tertiary/aromatic N) is 1. The first-order valence-corrected chi connectivity index (χ1v) is 22.6. The van der Waals surface area contributed by atoms with E-state index < -0.39 is 16.1 Å². The first-order chi connectivity index (χ1) is 16.8. The van der Waals surface area contributed by atoms with Crippen LogP contribution in [0.1, 0.15) is 76.3 Å². The Hall–Kier alpha value is -1.03. The molecule has 7 heteroatoms. The summed E-state index contributed by atoms with van der Waals surface area (Å²) in [5, 5.41) is 1.70. The standard InChI is InChI=1S/C29H47NO2S2Si2/c1-10-12-14-16-18-21-23-25(34-29(21)36(7,8)9)24-22(20(3)28(33-24)35(4,5)6)26(31)30(27(23)32)19-17-15-13-11-2/h10-19H2,1-9H3. The molecule has 0 fully saturated rings. The van der Waals surface area contributed by atoms with Gasteiger partial charge in [0.15, 0.2) is 0 Å². The third kappa shape index (κ3) is 6.00. The first kappa shape index (κ1) is 29.5. The first-order valence-electron chi connectivity index (χ1n) is 14.0. The van der Waals surface area contributed by atoms with E-state index in [1.54, 1.807) is 4.57 Å². The van der Waals surface area contributed by atoms with Crippen LogP contribution < -0.4 is 20.1 Å². The van der Waals surface area contributed by atoms with E-state index in [0.29, 0.717) is 6.54 Å². The Balaban J connectivity index is 2.46. The van der Waals surface area contributed by atoms with E-state index >= 15 is 0 Å². The number of thiophene rings is 2. The summed E-state index contributed by atoms with van der Waals surface area (Å²) in [6, 6.07) is 0. The molecule has 36 heavy (non-hydrogen) atoms. The quantitative estimate of drug-likeness (QED) is 0.168. The second-order valence-electron chi connectivity index (χ2n) is 12.5. The molecule has 3 nitrogen and oxygen atoms in total. The van der Waals surface area contributed by atoms with Crippen molar-refractivity contribution in [1.82, 2.24) is 4.57 Å². The van der Waals surface area contributed by atoms with Gasteiger partial charge in [-0.25, -0.2) is 0 Å². The molecule has 0 atom stereocenters. The molecular formula is C29H47NO2S2Si2. The number of fused-ring (bicyclic) bond motifs is 3. The SMILES string of the molecule is CCCCCCc1c([Si](C)(C)C)sc2c1c(=O)n(CCCCCC)c(=O)c1c(C)c([Si](C)(C)C)sc12. The average Bonchev–Trinajstić information content (AvgIpc) is 3.31. The third-order valence-electron chi connectivity index (χ3n) is 7.16. The minimum atomic E-state index is -1.67. The van der Waals surface area contributed by atoms with Crippen LogP contribution in [0.3, 0.4) is 0 Å². The highest BCUT2D eigenvalue weighted by molar-refractivity contribution is 7.38. The lowest BCUT2D eigenvalue weighted by molar-refractivity contribution is 0.565. The summed E-state index contributed by atoms with van der Waals surface area (Å²) in [4.78, 5) is 28.3. The Morgan fingerprint density at radius 2 is 1.17 bits per heavy atom. The van der Waals surface area contributed by atoms with Gasteiger partial charge in [-0.1, -0.05) is 91.7 Å². The normalized spacial score (nSPS) is 12.8. The van der Waals surface area contributed by atoms with E-state index in [1.807, 2.05) is 22.7 Å².